The molecule has 2 N–H and O–H groups in total. The maximum absolute atomic E-state index is 13.3. The fourth-order valence-corrected chi connectivity index (χ4v) is 4.77. The van der Waals surface area contributed by atoms with E-state index in [0.717, 1.165) is 5.56 Å². The molecule has 8 nitrogen and oxygen atoms in total. The van der Waals surface area contributed by atoms with Crippen LogP contribution < -0.4 is 10.1 Å². The van der Waals surface area contributed by atoms with E-state index in [9.17, 15) is 14.4 Å². The van der Waals surface area contributed by atoms with E-state index in [1.165, 1.54) is 36.0 Å². The molecule has 3 aromatic carbocycles. The smallest absolute Gasteiger partial charge is 0.335 e. The van der Waals surface area contributed by atoms with E-state index in [0.29, 0.717) is 27.3 Å². The van der Waals surface area contributed by atoms with Crippen LogP contribution in [0.15, 0.2) is 77.8 Å². The summed E-state index contributed by atoms with van der Waals surface area (Å²) in [7, 11) is 1.59. The highest BCUT2D eigenvalue weighted by atomic mass is 35.5. The van der Waals surface area contributed by atoms with Gasteiger partial charge in [0.15, 0.2) is 5.17 Å². The first-order valence-corrected chi connectivity index (χ1v) is 12.2. The van der Waals surface area contributed by atoms with E-state index < -0.39 is 11.2 Å². The number of nitrogens with zero attached hydrogens (tertiary/aromatic N) is 2. The second kappa shape index (κ2) is 11.3. The minimum Gasteiger partial charge on any atom is -0.497 e. The SMILES string of the molecule is COc1ccc(CN2C(=O)[C@@H](CC(=O)Nc3ccc(C(=O)O)cc3)SC2=Nc2ccc(Cl)cc2)cc1. The maximum Gasteiger partial charge on any atom is 0.335 e. The Morgan fingerprint density at radius 3 is 2.33 bits per heavy atom. The summed E-state index contributed by atoms with van der Waals surface area (Å²) in [6, 6.07) is 20.2. The standard InChI is InChI=1S/C26H22ClN3O5S/c1-35-21-12-2-16(3-13-21)15-30-24(32)22(36-26(30)29-20-10-6-18(27)7-11-20)14-23(31)28-19-8-4-17(5-9-19)25(33)34/h2-13,22H,14-15H2,1H3,(H,28,31)(H,33,34)/t22-/m1/s1. The summed E-state index contributed by atoms with van der Waals surface area (Å²) in [5.74, 6) is -0.923. The van der Waals surface area contributed by atoms with Crippen LogP contribution in [0.3, 0.4) is 0 Å². The van der Waals surface area contributed by atoms with Gasteiger partial charge in [-0.05, 0) is 66.2 Å². The molecule has 2 amide bonds. The van der Waals surface area contributed by atoms with Gasteiger partial charge < -0.3 is 15.2 Å². The van der Waals surface area contributed by atoms with Crippen molar-refractivity contribution in [2.45, 2.75) is 18.2 Å². The monoisotopic (exact) mass is 523 g/mol. The molecule has 0 aromatic heterocycles. The highest BCUT2D eigenvalue weighted by Gasteiger charge is 2.39. The summed E-state index contributed by atoms with van der Waals surface area (Å²) in [5, 5.41) is 12.1. The molecule has 1 aliphatic heterocycles. The van der Waals surface area contributed by atoms with Crippen molar-refractivity contribution in [1.29, 1.82) is 0 Å². The Morgan fingerprint density at radius 1 is 1.06 bits per heavy atom. The van der Waals surface area contributed by atoms with Crippen molar-refractivity contribution in [2.75, 3.05) is 12.4 Å². The third kappa shape index (κ3) is 6.24. The Balaban J connectivity index is 1.51. The number of ether oxygens (including phenoxy) is 1. The van der Waals surface area contributed by atoms with Crippen molar-refractivity contribution in [3.8, 4) is 5.75 Å². The van der Waals surface area contributed by atoms with Crippen LogP contribution in [0.4, 0.5) is 11.4 Å². The number of aliphatic imine (C=N–C) groups is 1. The molecule has 1 saturated heterocycles. The Kier molecular flexibility index (Phi) is 7.92. The third-order valence-electron chi connectivity index (χ3n) is 5.36. The molecule has 36 heavy (non-hydrogen) atoms. The van der Waals surface area contributed by atoms with Gasteiger partial charge in [0.05, 0.1) is 24.9 Å². The molecule has 0 aliphatic carbocycles. The van der Waals surface area contributed by atoms with Crippen LogP contribution in [0.1, 0.15) is 22.3 Å². The molecule has 4 rings (SSSR count). The molecule has 0 saturated carbocycles. The molecule has 0 spiro atoms. The van der Waals surface area contributed by atoms with E-state index in [-0.39, 0.29) is 30.3 Å². The first-order valence-electron chi connectivity index (χ1n) is 10.9. The first kappa shape index (κ1) is 25.3. The number of halogens is 1. The Hall–Kier alpha value is -3.82. The number of hydrogen-bond donors (Lipinski definition) is 2. The topological polar surface area (TPSA) is 108 Å². The highest BCUT2D eigenvalue weighted by molar-refractivity contribution is 8.15. The van der Waals surface area contributed by atoms with Gasteiger partial charge in [-0.25, -0.2) is 9.79 Å². The normalized spacial score (nSPS) is 16.3. The van der Waals surface area contributed by atoms with E-state index >= 15 is 0 Å². The van der Waals surface area contributed by atoms with E-state index in [1.54, 1.807) is 36.3 Å². The van der Waals surface area contributed by atoms with Crippen molar-refractivity contribution in [2.24, 2.45) is 4.99 Å². The van der Waals surface area contributed by atoms with Crippen LogP contribution in [0, 0.1) is 0 Å². The number of thioether (sulfide) groups is 1. The molecule has 1 fully saturated rings. The number of carboxylic acid groups (broad SMARTS) is 1. The number of carboxylic acids is 1. The second-order valence-electron chi connectivity index (χ2n) is 7.88. The van der Waals surface area contributed by atoms with Crippen LogP contribution in [0.2, 0.25) is 5.02 Å². The summed E-state index contributed by atoms with van der Waals surface area (Å²) in [6.07, 6.45) is -0.0665. The molecular weight excluding hydrogens is 502 g/mol. The van der Waals surface area contributed by atoms with Crippen molar-refractivity contribution in [1.82, 2.24) is 4.90 Å². The Morgan fingerprint density at radius 2 is 1.72 bits per heavy atom. The summed E-state index contributed by atoms with van der Waals surface area (Å²) >= 11 is 7.21. The van der Waals surface area contributed by atoms with Crippen molar-refractivity contribution in [3.05, 3.63) is 88.9 Å². The molecule has 0 bridgehead atoms. The summed E-state index contributed by atoms with van der Waals surface area (Å²) in [6.45, 7) is 0.289. The summed E-state index contributed by atoms with van der Waals surface area (Å²) in [5.41, 5.74) is 2.09. The fourth-order valence-electron chi connectivity index (χ4n) is 3.49. The van der Waals surface area contributed by atoms with Crippen molar-refractivity contribution in [3.63, 3.8) is 0 Å². The van der Waals surface area contributed by atoms with Gasteiger partial charge in [0.2, 0.25) is 11.8 Å². The number of nitrogens with one attached hydrogen (secondary N) is 1. The zero-order valence-electron chi connectivity index (χ0n) is 19.2. The van der Waals surface area contributed by atoms with Gasteiger partial charge in [0.25, 0.3) is 0 Å². The number of rotatable bonds is 8. The van der Waals surface area contributed by atoms with E-state index in [2.05, 4.69) is 10.3 Å². The lowest BCUT2D eigenvalue weighted by molar-refractivity contribution is -0.128. The number of benzene rings is 3. The summed E-state index contributed by atoms with van der Waals surface area (Å²) < 4.78 is 5.21. The lowest BCUT2D eigenvalue weighted by Gasteiger charge is -2.17. The van der Waals surface area contributed by atoms with Crippen molar-refractivity contribution < 1.29 is 24.2 Å². The molecule has 1 atom stereocenters. The number of hydrogen-bond acceptors (Lipinski definition) is 6. The van der Waals surface area contributed by atoms with Gasteiger partial charge in [-0.3, -0.25) is 14.5 Å². The average molecular weight is 524 g/mol. The lowest BCUT2D eigenvalue weighted by Crippen LogP contribution is -2.33. The largest absolute Gasteiger partial charge is 0.497 e. The molecular formula is C26H22ClN3O5S. The minimum absolute atomic E-state index is 0.0665. The zero-order chi connectivity index (χ0) is 25.7. The number of anilines is 1. The second-order valence-corrected chi connectivity index (χ2v) is 9.49. The quantitative estimate of drug-likeness (QED) is 0.420. The fraction of sp³-hybridized carbons (Fsp3) is 0.154. The van der Waals surface area contributed by atoms with Crippen LogP contribution in [-0.4, -0.2) is 45.3 Å². The highest BCUT2D eigenvalue weighted by Crippen LogP contribution is 2.33. The number of amidine groups is 1. The molecule has 0 radical (unpaired) electrons. The number of carbonyl (C=O) groups excluding carboxylic acids is 2. The molecule has 184 valence electrons. The first-order chi connectivity index (χ1) is 17.3. The number of aromatic carboxylic acids is 1. The Labute approximate surface area is 216 Å². The maximum atomic E-state index is 13.3. The number of amides is 2. The van der Waals surface area contributed by atoms with E-state index in [1.807, 2.05) is 24.3 Å². The molecule has 1 aliphatic rings. The molecule has 1 heterocycles. The average Bonchev–Trinajstić information content (AvgIpc) is 3.14. The van der Waals surface area contributed by atoms with Gasteiger partial charge in [-0.2, -0.15) is 0 Å². The predicted molar refractivity (Wildman–Crippen MR) is 140 cm³/mol. The number of carbonyl (C=O) groups is 3. The van der Waals surface area contributed by atoms with Crippen LogP contribution in [0.5, 0.6) is 5.75 Å². The van der Waals surface area contributed by atoms with Gasteiger partial charge >= 0.3 is 5.97 Å². The third-order valence-corrected chi connectivity index (χ3v) is 6.78. The summed E-state index contributed by atoms with van der Waals surface area (Å²) in [4.78, 5) is 43.2. The van der Waals surface area contributed by atoms with Crippen molar-refractivity contribution >= 4 is 57.7 Å². The molecule has 10 heteroatoms. The molecule has 0 unspecified atom stereocenters. The van der Waals surface area contributed by atoms with Gasteiger partial charge in [0.1, 0.15) is 11.0 Å². The zero-order valence-corrected chi connectivity index (χ0v) is 20.8. The lowest BCUT2D eigenvalue weighted by atomic mass is 10.2. The van der Waals surface area contributed by atoms with Gasteiger partial charge in [-0.1, -0.05) is 35.5 Å². The molecule has 3 aromatic rings. The van der Waals surface area contributed by atoms with Gasteiger partial charge in [0, 0.05) is 17.1 Å². The van der Waals surface area contributed by atoms with Crippen LogP contribution >= 0.6 is 23.4 Å². The predicted octanol–water partition coefficient (Wildman–Crippen LogP) is 5.21. The minimum atomic E-state index is -1.05. The Bertz CT molecular complexity index is 1290. The van der Waals surface area contributed by atoms with Crippen LogP contribution in [-0.2, 0) is 16.1 Å². The van der Waals surface area contributed by atoms with Crippen LogP contribution in [0.25, 0.3) is 0 Å². The van der Waals surface area contributed by atoms with E-state index in [4.69, 9.17) is 21.4 Å². The number of methoxy groups -OCH3 is 1. The van der Waals surface area contributed by atoms with Gasteiger partial charge in [-0.15, -0.1) is 0 Å².